The lowest BCUT2D eigenvalue weighted by Crippen LogP contribution is -2.60. The average Bonchev–Trinajstić information content (AvgIpc) is 3.55. The number of hydrogen-bond acceptors (Lipinski definition) is 7. The van der Waals surface area contributed by atoms with E-state index >= 15 is 0 Å². The van der Waals surface area contributed by atoms with Crippen molar-refractivity contribution in [2.24, 2.45) is 11.8 Å². The summed E-state index contributed by atoms with van der Waals surface area (Å²) in [6, 6.07) is 10.1. The van der Waals surface area contributed by atoms with Gasteiger partial charge in [-0.05, 0) is 49.3 Å². The zero-order valence-electron chi connectivity index (χ0n) is 32.3. The maximum Gasteiger partial charge on any atom is 0.243 e. The third kappa shape index (κ3) is 11.9. The molecule has 1 saturated heterocycles. The highest BCUT2D eigenvalue weighted by atomic mass is 16.2. The predicted octanol–water partition coefficient (Wildman–Crippen LogP) is 1.12. The molecule has 1 fully saturated rings. The van der Waals surface area contributed by atoms with Gasteiger partial charge in [-0.15, -0.1) is 0 Å². The fraction of sp³-hybridized carbons (Fsp3) is 0.475. The molecular weight excluding hydrogens is 704 g/mol. The van der Waals surface area contributed by atoms with Crippen LogP contribution in [0.4, 0.5) is 0 Å². The Hall–Kier alpha value is -5.73. The minimum absolute atomic E-state index is 0.00924. The van der Waals surface area contributed by atoms with Crippen molar-refractivity contribution in [3.63, 3.8) is 0 Å². The van der Waals surface area contributed by atoms with Gasteiger partial charge in [-0.2, -0.15) is 0 Å². The van der Waals surface area contributed by atoms with Crippen molar-refractivity contribution < 1.29 is 33.6 Å². The number of fused-ring (bicyclic) bond motifs is 1. The number of carbonyl (C=O) groups is 7. The molecule has 2 aromatic carbocycles. The Bertz CT molecular complexity index is 1840. The second-order valence-corrected chi connectivity index (χ2v) is 14.8. The number of H-pyrrole nitrogens is 1. The van der Waals surface area contributed by atoms with Crippen molar-refractivity contribution in [3.8, 4) is 0 Å². The Labute approximate surface area is 321 Å². The molecule has 0 spiro atoms. The topological polar surface area (TPSA) is 219 Å². The van der Waals surface area contributed by atoms with E-state index in [1.165, 1.54) is 13.8 Å². The van der Waals surface area contributed by atoms with Gasteiger partial charge in [0.1, 0.15) is 36.3 Å². The Morgan fingerprint density at radius 2 is 1.13 bits per heavy atom. The number of hydrogen-bond donors (Lipinski definition) is 8. The van der Waals surface area contributed by atoms with E-state index in [0.29, 0.717) is 0 Å². The summed E-state index contributed by atoms with van der Waals surface area (Å²) in [6.07, 6.45) is 2.15. The van der Waals surface area contributed by atoms with E-state index in [4.69, 9.17) is 0 Å². The van der Waals surface area contributed by atoms with Gasteiger partial charge >= 0.3 is 0 Å². The van der Waals surface area contributed by atoms with Crippen molar-refractivity contribution in [1.82, 2.24) is 42.2 Å². The standard InChI is InChI=1S/C40H54N8O7/c1-22(2)33-39(54)41-18-12-17-32(49)43-24(5)35(50)45-31(20-27-21-42-29-16-11-10-15-28(27)29)37(52)44-25(6)36(51)47-34(23(3)4)40(55)46-30(38(53)48-33)19-26-13-8-7-9-14-26/h7-11,13-16,21-25,30-31,33-34,42H,12,17-20H2,1-6H3,(H,41,54)(H,43,49)(H,44,52)(H,45,50)(H,46,55)(H,47,51)(H,48,53)/t24-,25-,30?,31-,33?,34-/m1/s1. The SMILES string of the molecule is CC(C)C1NC(=O)C(Cc2ccccc2)NC(=O)[C@@H](C(C)C)NC(=O)[C@@H](C)NC(=O)[C@@H](Cc2c[nH]c3ccccc23)NC(=O)[C@@H](C)NC(=O)CCCNC1=O. The first kappa shape index (κ1) is 42.0. The maximum absolute atomic E-state index is 13.9. The van der Waals surface area contributed by atoms with Crippen LogP contribution in [0.1, 0.15) is 65.5 Å². The van der Waals surface area contributed by atoms with Crippen LogP contribution in [0.3, 0.4) is 0 Å². The summed E-state index contributed by atoms with van der Waals surface area (Å²) >= 11 is 0. The van der Waals surface area contributed by atoms with Crippen molar-refractivity contribution in [3.05, 3.63) is 71.9 Å². The number of carbonyl (C=O) groups excluding carboxylic acids is 7. The monoisotopic (exact) mass is 758 g/mol. The van der Waals surface area contributed by atoms with Crippen LogP contribution in [0.2, 0.25) is 0 Å². The third-order valence-corrected chi connectivity index (χ3v) is 9.54. The molecule has 0 aliphatic carbocycles. The van der Waals surface area contributed by atoms with Gasteiger partial charge in [0, 0.05) is 42.9 Å². The van der Waals surface area contributed by atoms with E-state index in [9.17, 15) is 33.6 Å². The molecule has 15 nitrogen and oxygen atoms in total. The van der Waals surface area contributed by atoms with Crippen LogP contribution in [-0.2, 0) is 46.4 Å². The van der Waals surface area contributed by atoms with Crippen molar-refractivity contribution in [2.75, 3.05) is 6.54 Å². The first-order valence-electron chi connectivity index (χ1n) is 18.8. The Morgan fingerprint density at radius 3 is 1.82 bits per heavy atom. The predicted molar refractivity (Wildman–Crippen MR) is 207 cm³/mol. The molecule has 55 heavy (non-hydrogen) atoms. The second-order valence-electron chi connectivity index (χ2n) is 14.8. The first-order chi connectivity index (χ1) is 26.1. The quantitative estimate of drug-likeness (QED) is 0.183. The van der Waals surface area contributed by atoms with Crippen LogP contribution in [0.25, 0.3) is 10.9 Å². The number of aromatic amines is 1. The zero-order chi connectivity index (χ0) is 40.2. The minimum atomic E-state index is -1.14. The van der Waals surface area contributed by atoms with E-state index < -0.39 is 83.5 Å². The summed E-state index contributed by atoms with van der Waals surface area (Å²) in [7, 11) is 0. The maximum atomic E-state index is 13.9. The number of rotatable bonds is 6. The van der Waals surface area contributed by atoms with Crippen LogP contribution < -0.4 is 37.2 Å². The Morgan fingerprint density at radius 1 is 0.582 bits per heavy atom. The van der Waals surface area contributed by atoms with Crippen LogP contribution >= 0.6 is 0 Å². The van der Waals surface area contributed by atoms with Crippen LogP contribution in [-0.4, -0.2) is 89.1 Å². The van der Waals surface area contributed by atoms with E-state index in [-0.39, 0.29) is 38.1 Å². The highest BCUT2D eigenvalue weighted by molar-refractivity contribution is 5.97. The molecule has 296 valence electrons. The largest absolute Gasteiger partial charge is 0.361 e. The molecule has 6 atom stereocenters. The van der Waals surface area contributed by atoms with Gasteiger partial charge in [0.15, 0.2) is 0 Å². The molecule has 4 rings (SSSR count). The molecule has 7 amide bonds. The number of para-hydroxylation sites is 1. The summed E-state index contributed by atoms with van der Waals surface area (Å²) in [4.78, 5) is 97.7. The smallest absolute Gasteiger partial charge is 0.243 e. The second kappa shape index (κ2) is 19.6. The first-order valence-corrected chi connectivity index (χ1v) is 18.8. The lowest BCUT2D eigenvalue weighted by molar-refractivity contribution is -0.135. The van der Waals surface area contributed by atoms with Gasteiger partial charge in [0.2, 0.25) is 41.4 Å². The van der Waals surface area contributed by atoms with Gasteiger partial charge < -0.3 is 42.2 Å². The molecule has 0 radical (unpaired) electrons. The molecule has 2 heterocycles. The lowest BCUT2D eigenvalue weighted by atomic mass is 9.99. The summed E-state index contributed by atoms with van der Waals surface area (Å²) in [5, 5.41) is 20.0. The summed E-state index contributed by atoms with van der Waals surface area (Å²) in [5.41, 5.74) is 2.34. The van der Waals surface area contributed by atoms with E-state index in [2.05, 4.69) is 42.2 Å². The Balaban J connectivity index is 1.63. The summed E-state index contributed by atoms with van der Waals surface area (Å²) in [5.74, 6) is -4.81. The van der Waals surface area contributed by atoms with E-state index in [0.717, 1.165) is 22.0 Å². The van der Waals surface area contributed by atoms with E-state index in [1.807, 2.05) is 54.6 Å². The molecule has 1 aliphatic rings. The van der Waals surface area contributed by atoms with Gasteiger partial charge in [-0.25, -0.2) is 0 Å². The molecule has 0 bridgehead atoms. The number of aromatic nitrogens is 1. The molecular formula is C40H54N8O7. The van der Waals surface area contributed by atoms with Gasteiger partial charge in [0.05, 0.1) is 0 Å². The van der Waals surface area contributed by atoms with E-state index in [1.54, 1.807) is 33.9 Å². The number of nitrogens with one attached hydrogen (secondary N) is 8. The number of amides is 7. The number of benzene rings is 2. The molecule has 0 saturated carbocycles. The summed E-state index contributed by atoms with van der Waals surface area (Å²) < 4.78 is 0. The van der Waals surface area contributed by atoms with Crippen molar-refractivity contribution in [2.45, 2.75) is 103 Å². The minimum Gasteiger partial charge on any atom is -0.361 e. The zero-order valence-corrected chi connectivity index (χ0v) is 32.3. The van der Waals surface area contributed by atoms with Gasteiger partial charge in [-0.1, -0.05) is 76.2 Å². The fourth-order valence-corrected chi connectivity index (χ4v) is 6.28. The lowest BCUT2D eigenvalue weighted by Gasteiger charge is -2.28. The molecule has 3 aromatic rings. The normalized spacial score (nSPS) is 24.6. The summed E-state index contributed by atoms with van der Waals surface area (Å²) in [6.45, 7) is 10.1. The van der Waals surface area contributed by atoms with Crippen molar-refractivity contribution >= 4 is 52.3 Å². The van der Waals surface area contributed by atoms with Crippen LogP contribution in [0, 0.1) is 11.8 Å². The third-order valence-electron chi connectivity index (χ3n) is 9.54. The van der Waals surface area contributed by atoms with Crippen LogP contribution in [0.15, 0.2) is 60.8 Å². The molecule has 1 aliphatic heterocycles. The highest BCUT2D eigenvalue weighted by Gasteiger charge is 2.34. The molecule has 1 aromatic heterocycles. The molecule has 2 unspecified atom stereocenters. The molecule has 8 N–H and O–H groups in total. The highest BCUT2D eigenvalue weighted by Crippen LogP contribution is 2.19. The van der Waals surface area contributed by atoms with Crippen LogP contribution in [0.5, 0.6) is 0 Å². The fourth-order valence-electron chi connectivity index (χ4n) is 6.28. The molecule has 15 heteroatoms. The average molecular weight is 759 g/mol. The van der Waals surface area contributed by atoms with Gasteiger partial charge in [-0.3, -0.25) is 33.6 Å². The Kier molecular flexibility index (Phi) is 14.9. The van der Waals surface area contributed by atoms with Gasteiger partial charge in [0.25, 0.3) is 0 Å². The van der Waals surface area contributed by atoms with Crippen molar-refractivity contribution in [1.29, 1.82) is 0 Å².